The van der Waals surface area contributed by atoms with Crippen LogP contribution in [0.2, 0.25) is 0 Å². The van der Waals surface area contributed by atoms with Crippen molar-refractivity contribution in [2.45, 2.75) is 19.4 Å². The van der Waals surface area contributed by atoms with E-state index in [1.807, 2.05) is 43.3 Å². The number of rotatable bonds is 9. The summed E-state index contributed by atoms with van der Waals surface area (Å²) >= 11 is 0. The molecule has 0 heterocycles. The number of hydrogen-bond acceptors (Lipinski definition) is 5. The molecule has 150 valence electrons. The molecule has 2 rings (SSSR count). The molecule has 1 atom stereocenters. The molecular weight excluding hydrogens is 356 g/mol. The second kappa shape index (κ2) is 9.90. The van der Waals surface area contributed by atoms with Crippen molar-refractivity contribution < 1.29 is 19.1 Å². The predicted octanol–water partition coefficient (Wildman–Crippen LogP) is 2.87. The Kier molecular flexibility index (Phi) is 7.58. The predicted molar refractivity (Wildman–Crippen MR) is 109 cm³/mol. The Hall–Kier alpha value is -2.86. The van der Waals surface area contributed by atoms with Crippen LogP contribution in [0.1, 0.15) is 34.5 Å². The smallest absolute Gasteiger partial charge is 0.224 e. The topological polar surface area (TPSA) is 67.9 Å². The van der Waals surface area contributed by atoms with Gasteiger partial charge in [-0.1, -0.05) is 12.1 Å². The fourth-order valence-electron chi connectivity index (χ4n) is 3.03. The third-order valence-electron chi connectivity index (χ3n) is 4.63. The summed E-state index contributed by atoms with van der Waals surface area (Å²) in [6, 6.07) is 12.9. The third-order valence-corrected chi connectivity index (χ3v) is 4.63. The van der Waals surface area contributed by atoms with Gasteiger partial charge in [0.1, 0.15) is 11.5 Å². The lowest BCUT2D eigenvalue weighted by Gasteiger charge is -2.25. The summed E-state index contributed by atoms with van der Waals surface area (Å²) in [6.45, 7) is 1.95. The summed E-state index contributed by atoms with van der Waals surface area (Å²) in [7, 11) is 7.12. The number of ketones is 1. The highest BCUT2D eigenvalue weighted by molar-refractivity contribution is 5.94. The number of nitrogens with one attached hydrogen (secondary N) is 1. The Bertz CT molecular complexity index is 833. The molecule has 0 saturated heterocycles. The number of likely N-dealkylation sites (N-methyl/N-ethyl adjacent to an activating group) is 1. The quantitative estimate of drug-likeness (QED) is 0.674. The molecule has 0 aromatic heterocycles. The molecule has 0 aliphatic heterocycles. The van der Waals surface area contributed by atoms with Gasteiger partial charge in [-0.05, 0) is 56.9 Å². The highest BCUT2D eigenvalue weighted by Gasteiger charge is 2.17. The lowest BCUT2D eigenvalue weighted by Crippen LogP contribution is -2.35. The van der Waals surface area contributed by atoms with Crippen molar-refractivity contribution in [2.24, 2.45) is 0 Å². The Balaban J connectivity index is 2.09. The van der Waals surface area contributed by atoms with Gasteiger partial charge in [0.25, 0.3) is 0 Å². The molecule has 2 aromatic carbocycles. The SMILES string of the molecule is COc1cccc(C(CNC(=O)Cc2cc(C(C)=O)ccc2OC)N(C)C)c1. The molecule has 0 bridgehead atoms. The average Bonchev–Trinajstić information content (AvgIpc) is 2.67. The van der Waals surface area contributed by atoms with E-state index in [9.17, 15) is 9.59 Å². The van der Waals surface area contributed by atoms with E-state index in [1.165, 1.54) is 6.92 Å². The maximum atomic E-state index is 12.5. The monoisotopic (exact) mass is 384 g/mol. The van der Waals surface area contributed by atoms with Gasteiger partial charge >= 0.3 is 0 Å². The van der Waals surface area contributed by atoms with Crippen LogP contribution in [-0.4, -0.2) is 51.5 Å². The second-order valence-corrected chi connectivity index (χ2v) is 6.82. The van der Waals surface area contributed by atoms with Crippen molar-refractivity contribution in [2.75, 3.05) is 34.9 Å². The third kappa shape index (κ3) is 5.57. The van der Waals surface area contributed by atoms with Crippen LogP contribution in [0, 0.1) is 0 Å². The van der Waals surface area contributed by atoms with Gasteiger partial charge < -0.3 is 19.7 Å². The van der Waals surface area contributed by atoms with E-state index in [0.29, 0.717) is 23.4 Å². The molecule has 0 aliphatic carbocycles. The zero-order chi connectivity index (χ0) is 20.7. The van der Waals surface area contributed by atoms with Gasteiger partial charge in [-0.3, -0.25) is 9.59 Å². The molecule has 1 unspecified atom stereocenters. The average molecular weight is 384 g/mol. The number of carbonyl (C=O) groups is 2. The highest BCUT2D eigenvalue weighted by atomic mass is 16.5. The number of ether oxygens (including phenoxy) is 2. The summed E-state index contributed by atoms with van der Waals surface area (Å²) in [5, 5.41) is 2.99. The number of methoxy groups -OCH3 is 2. The molecule has 0 saturated carbocycles. The van der Waals surface area contributed by atoms with E-state index in [2.05, 4.69) is 5.32 Å². The number of nitrogens with zero attached hydrogens (tertiary/aromatic N) is 1. The van der Waals surface area contributed by atoms with Gasteiger partial charge in [-0.25, -0.2) is 0 Å². The van der Waals surface area contributed by atoms with E-state index in [1.54, 1.807) is 32.4 Å². The first kappa shape index (κ1) is 21.4. The van der Waals surface area contributed by atoms with Crippen molar-refractivity contribution >= 4 is 11.7 Å². The number of Topliss-reactive ketones (excluding diaryl/α,β-unsaturated/α-hetero) is 1. The number of hydrogen-bond donors (Lipinski definition) is 1. The van der Waals surface area contributed by atoms with Gasteiger partial charge in [-0.2, -0.15) is 0 Å². The van der Waals surface area contributed by atoms with Crippen molar-refractivity contribution in [3.05, 3.63) is 59.2 Å². The second-order valence-electron chi connectivity index (χ2n) is 6.82. The fourth-order valence-corrected chi connectivity index (χ4v) is 3.03. The van der Waals surface area contributed by atoms with E-state index < -0.39 is 0 Å². The normalized spacial score (nSPS) is 11.8. The maximum Gasteiger partial charge on any atom is 0.224 e. The first-order chi connectivity index (χ1) is 13.3. The minimum atomic E-state index is -0.131. The van der Waals surface area contributed by atoms with Crippen LogP contribution in [0.25, 0.3) is 0 Å². The molecule has 0 fully saturated rings. The zero-order valence-electron chi connectivity index (χ0n) is 17.1. The van der Waals surface area contributed by atoms with Crippen LogP contribution in [-0.2, 0) is 11.2 Å². The van der Waals surface area contributed by atoms with Crippen LogP contribution < -0.4 is 14.8 Å². The first-order valence-electron chi connectivity index (χ1n) is 9.10. The Morgan fingerprint density at radius 1 is 1.07 bits per heavy atom. The molecular formula is C22H28N2O4. The van der Waals surface area contributed by atoms with Crippen molar-refractivity contribution in [3.63, 3.8) is 0 Å². The molecule has 6 heteroatoms. The number of amides is 1. The largest absolute Gasteiger partial charge is 0.497 e. The van der Waals surface area contributed by atoms with Crippen LogP contribution in [0.4, 0.5) is 0 Å². The summed E-state index contributed by atoms with van der Waals surface area (Å²) < 4.78 is 10.6. The molecule has 0 aliphatic rings. The summed E-state index contributed by atoms with van der Waals surface area (Å²) in [5.41, 5.74) is 2.31. The van der Waals surface area contributed by atoms with Gasteiger partial charge in [0.15, 0.2) is 5.78 Å². The van der Waals surface area contributed by atoms with E-state index in [0.717, 1.165) is 11.3 Å². The van der Waals surface area contributed by atoms with Crippen molar-refractivity contribution in [3.8, 4) is 11.5 Å². The molecule has 0 spiro atoms. The van der Waals surface area contributed by atoms with Gasteiger partial charge in [0.2, 0.25) is 5.91 Å². The molecule has 1 amide bonds. The molecule has 1 N–H and O–H groups in total. The van der Waals surface area contributed by atoms with Crippen LogP contribution >= 0.6 is 0 Å². The van der Waals surface area contributed by atoms with Crippen molar-refractivity contribution in [1.29, 1.82) is 0 Å². The van der Waals surface area contributed by atoms with Crippen molar-refractivity contribution in [1.82, 2.24) is 10.2 Å². The molecule has 28 heavy (non-hydrogen) atoms. The lowest BCUT2D eigenvalue weighted by atomic mass is 10.0. The van der Waals surface area contributed by atoms with E-state index in [-0.39, 0.29) is 24.2 Å². The zero-order valence-corrected chi connectivity index (χ0v) is 17.1. The van der Waals surface area contributed by atoms with Gasteiger partial charge in [0.05, 0.1) is 26.7 Å². The maximum absolute atomic E-state index is 12.5. The van der Waals surface area contributed by atoms with Crippen LogP contribution in [0.5, 0.6) is 11.5 Å². The van der Waals surface area contributed by atoms with E-state index in [4.69, 9.17) is 9.47 Å². The van der Waals surface area contributed by atoms with Crippen LogP contribution in [0.15, 0.2) is 42.5 Å². The molecule has 6 nitrogen and oxygen atoms in total. The highest BCUT2D eigenvalue weighted by Crippen LogP contribution is 2.23. The summed E-state index contributed by atoms with van der Waals surface area (Å²) in [4.78, 5) is 26.2. The number of benzene rings is 2. The Labute approximate surface area is 166 Å². The minimum Gasteiger partial charge on any atom is -0.497 e. The van der Waals surface area contributed by atoms with Gasteiger partial charge in [0, 0.05) is 17.7 Å². The molecule has 2 aromatic rings. The van der Waals surface area contributed by atoms with Crippen LogP contribution in [0.3, 0.4) is 0 Å². The Morgan fingerprint density at radius 2 is 1.82 bits per heavy atom. The molecule has 0 radical (unpaired) electrons. The Morgan fingerprint density at radius 3 is 2.43 bits per heavy atom. The van der Waals surface area contributed by atoms with E-state index >= 15 is 0 Å². The summed E-state index contributed by atoms with van der Waals surface area (Å²) in [6.07, 6.45) is 0.141. The summed E-state index contributed by atoms with van der Waals surface area (Å²) in [5.74, 6) is 1.20. The first-order valence-corrected chi connectivity index (χ1v) is 9.10. The van der Waals surface area contributed by atoms with Gasteiger partial charge in [-0.15, -0.1) is 0 Å². The number of carbonyl (C=O) groups excluding carboxylic acids is 2. The fraction of sp³-hybridized carbons (Fsp3) is 0.364. The minimum absolute atomic E-state index is 0.00417. The standard InChI is InChI=1S/C22H28N2O4/c1-15(25)16-9-10-21(28-5)18(11-16)13-22(26)23-14-20(24(2)3)17-7-6-8-19(12-17)27-4/h6-12,20H,13-14H2,1-5H3,(H,23,26). The lowest BCUT2D eigenvalue weighted by molar-refractivity contribution is -0.120.